The van der Waals surface area contributed by atoms with E-state index in [2.05, 4.69) is 4.98 Å². The second-order valence-electron chi connectivity index (χ2n) is 10.1. The molecule has 40 heavy (non-hydrogen) atoms. The fourth-order valence-electron chi connectivity index (χ4n) is 4.97. The molecule has 2 heterocycles. The minimum atomic E-state index is -4.14. The Kier molecular flexibility index (Phi) is 6.53. The maximum Gasteiger partial charge on any atom is 0.299 e. The molecule has 0 atom stereocenters. The minimum Gasteiger partial charge on any atom is -0.489 e. The van der Waals surface area contributed by atoms with E-state index in [4.69, 9.17) is 19.6 Å². The Morgan fingerprint density at radius 1 is 1.05 bits per heavy atom. The maximum atomic E-state index is 12.8. The van der Waals surface area contributed by atoms with Crippen LogP contribution in [0.5, 0.6) is 5.75 Å². The number of aryl methyl sites for hydroxylation is 1. The summed E-state index contributed by atoms with van der Waals surface area (Å²) in [4.78, 5) is 9.16. The van der Waals surface area contributed by atoms with Crippen LogP contribution < -0.4 is 10.5 Å². The summed E-state index contributed by atoms with van der Waals surface area (Å²) in [6.07, 6.45) is 3.45. The van der Waals surface area contributed by atoms with Crippen molar-refractivity contribution < 1.29 is 22.4 Å². The molecule has 1 aliphatic rings. The SMILES string of the molecule is Cc1ccc(S(=O)(=O)OC2(O)CC(c3nc(-c4cccc(OCc5ccccc5)c4)c4c(N)nccn34)C2)cc1. The predicted molar refractivity (Wildman–Crippen MR) is 150 cm³/mol. The molecule has 3 N–H and O–H groups in total. The largest absolute Gasteiger partial charge is 0.489 e. The van der Waals surface area contributed by atoms with Gasteiger partial charge in [-0.05, 0) is 36.8 Å². The van der Waals surface area contributed by atoms with Gasteiger partial charge in [0.15, 0.2) is 5.79 Å². The molecule has 6 rings (SSSR count). The van der Waals surface area contributed by atoms with Gasteiger partial charge in [-0.25, -0.2) is 14.2 Å². The van der Waals surface area contributed by atoms with Gasteiger partial charge in [0.05, 0.1) is 4.90 Å². The van der Waals surface area contributed by atoms with Crippen molar-refractivity contribution in [3.63, 3.8) is 0 Å². The van der Waals surface area contributed by atoms with Crippen LogP contribution in [-0.4, -0.2) is 33.7 Å². The summed E-state index contributed by atoms with van der Waals surface area (Å²) in [6, 6.07) is 23.8. The van der Waals surface area contributed by atoms with Crippen molar-refractivity contribution in [3.05, 3.63) is 108 Å². The molecule has 3 aromatic carbocycles. The molecular weight excluding hydrogens is 528 g/mol. The molecule has 0 amide bonds. The first kappa shape index (κ1) is 26.0. The fourth-order valence-corrected chi connectivity index (χ4v) is 6.08. The smallest absolute Gasteiger partial charge is 0.299 e. The van der Waals surface area contributed by atoms with Gasteiger partial charge in [0.25, 0.3) is 10.1 Å². The van der Waals surface area contributed by atoms with Crippen LogP contribution in [0.4, 0.5) is 5.82 Å². The van der Waals surface area contributed by atoms with Crippen molar-refractivity contribution in [2.45, 2.75) is 43.0 Å². The molecule has 1 saturated carbocycles. The number of imidazole rings is 1. The van der Waals surface area contributed by atoms with E-state index in [0.29, 0.717) is 35.2 Å². The molecule has 1 aliphatic carbocycles. The van der Waals surface area contributed by atoms with E-state index in [1.807, 2.05) is 65.9 Å². The van der Waals surface area contributed by atoms with E-state index >= 15 is 0 Å². The van der Waals surface area contributed by atoms with Crippen molar-refractivity contribution in [3.8, 4) is 17.0 Å². The Hall–Kier alpha value is -4.25. The van der Waals surface area contributed by atoms with Crippen molar-refractivity contribution in [2.75, 3.05) is 5.73 Å². The third-order valence-electron chi connectivity index (χ3n) is 7.04. The van der Waals surface area contributed by atoms with Crippen LogP contribution in [0.25, 0.3) is 16.8 Å². The van der Waals surface area contributed by atoms with E-state index in [0.717, 1.165) is 16.7 Å². The number of aromatic nitrogens is 3. The van der Waals surface area contributed by atoms with Gasteiger partial charge >= 0.3 is 0 Å². The van der Waals surface area contributed by atoms with E-state index in [1.54, 1.807) is 24.5 Å². The van der Waals surface area contributed by atoms with Gasteiger partial charge in [0.1, 0.15) is 35.2 Å². The van der Waals surface area contributed by atoms with Gasteiger partial charge in [0, 0.05) is 36.7 Å². The second-order valence-corrected chi connectivity index (χ2v) is 11.6. The Balaban J connectivity index is 1.26. The Morgan fingerprint density at radius 3 is 2.55 bits per heavy atom. The molecule has 0 spiro atoms. The molecule has 204 valence electrons. The van der Waals surface area contributed by atoms with Gasteiger partial charge < -0.3 is 15.6 Å². The lowest BCUT2D eigenvalue weighted by Gasteiger charge is -2.41. The van der Waals surface area contributed by atoms with Crippen molar-refractivity contribution in [1.82, 2.24) is 14.4 Å². The van der Waals surface area contributed by atoms with Gasteiger partial charge in [-0.3, -0.25) is 4.40 Å². The maximum absolute atomic E-state index is 12.8. The number of hydrogen-bond acceptors (Lipinski definition) is 8. The lowest BCUT2D eigenvalue weighted by molar-refractivity contribution is -0.197. The molecule has 1 fully saturated rings. The first-order chi connectivity index (χ1) is 19.2. The van der Waals surface area contributed by atoms with E-state index in [9.17, 15) is 13.5 Å². The topological polar surface area (TPSA) is 129 Å². The summed E-state index contributed by atoms with van der Waals surface area (Å²) in [7, 11) is -4.14. The van der Waals surface area contributed by atoms with E-state index < -0.39 is 15.9 Å². The van der Waals surface area contributed by atoms with E-state index in [1.165, 1.54) is 12.1 Å². The number of nitrogens with two attached hydrogens (primary N) is 1. The van der Waals surface area contributed by atoms with Gasteiger partial charge in [0.2, 0.25) is 0 Å². The lowest BCUT2D eigenvalue weighted by atomic mass is 9.78. The quantitative estimate of drug-likeness (QED) is 0.205. The summed E-state index contributed by atoms with van der Waals surface area (Å²) >= 11 is 0. The first-order valence-electron chi connectivity index (χ1n) is 12.9. The number of benzene rings is 3. The highest BCUT2D eigenvalue weighted by atomic mass is 32.2. The van der Waals surface area contributed by atoms with Crippen LogP contribution in [0, 0.1) is 6.92 Å². The minimum absolute atomic E-state index is 0.00302. The van der Waals surface area contributed by atoms with Gasteiger partial charge in [-0.2, -0.15) is 8.42 Å². The highest BCUT2D eigenvalue weighted by molar-refractivity contribution is 7.86. The highest BCUT2D eigenvalue weighted by Crippen LogP contribution is 2.47. The predicted octanol–water partition coefficient (Wildman–Crippen LogP) is 4.84. The normalized spacial score (nSPS) is 18.9. The number of ether oxygens (including phenoxy) is 1. The number of nitrogen functional groups attached to an aromatic ring is 1. The highest BCUT2D eigenvalue weighted by Gasteiger charge is 2.50. The number of fused-ring (bicyclic) bond motifs is 1. The monoisotopic (exact) mass is 556 g/mol. The third kappa shape index (κ3) is 5.04. The summed E-state index contributed by atoms with van der Waals surface area (Å²) in [5, 5.41) is 10.9. The number of anilines is 1. The molecule has 0 aliphatic heterocycles. The number of hydrogen-bond donors (Lipinski definition) is 2. The Labute approximate surface area is 232 Å². The van der Waals surface area contributed by atoms with Crippen molar-refractivity contribution in [1.29, 1.82) is 0 Å². The Morgan fingerprint density at radius 2 is 1.80 bits per heavy atom. The van der Waals surface area contributed by atoms with Crippen LogP contribution in [-0.2, 0) is 20.9 Å². The summed E-state index contributed by atoms with van der Waals surface area (Å²) in [6.45, 7) is 2.29. The third-order valence-corrected chi connectivity index (χ3v) is 8.42. The van der Waals surface area contributed by atoms with Crippen molar-refractivity contribution in [2.24, 2.45) is 0 Å². The number of rotatable bonds is 8. The average Bonchev–Trinajstić information content (AvgIpc) is 3.32. The zero-order chi connectivity index (χ0) is 27.9. The molecule has 9 nitrogen and oxygen atoms in total. The summed E-state index contributed by atoms with van der Waals surface area (Å²) in [5.74, 6) is -0.474. The molecule has 5 aromatic rings. The van der Waals surface area contributed by atoms with Gasteiger partial charge in [-0.1, -0.05) is 60.2 Å². The van der Waals surface area contributed by atoms with E-state index in [-0.39, 0.29) is 23.7 Å². The summed E-state index contributed by atoms with van der Waals surface area (Å²) < 4.78 is 38.7. The molecule has 2 aromatic heterocycles. The van der Waals surface area contributed by atoms with Crippen molar-refractivity contribution >= 4 is 21.5 Å². The molecule has 0 radical (unpaired) electrons. The summed E-state index contributed by atoms with van der Waals surface area (Å²) in [5.41, 5.74) is 10.3. The van der Waals surface area contributed by atoms with Gasteiger partial charge in [-0.15, -0.1) is 0 Å². The second kappa shape index (κ2) is 10.1. The number of aliphatic hydroxyl groups is 1. The molecule has 10 heteroatoms. The molecule has 0 bridgehead atoms. The van der Waals surface area contributed by atoms with Crippen LogP contribution in [0.2, 0.25) is 0 Å². The zero-order valence-electron chi connectivity index (χ0n) is 21.8. The molecule has 0 saturated heterocycles. The Bertz CT molecular complexity index is 1780. The molecular formula is C30H28N4O5S. The molecule has 0 unspecified atom stereocenters. The fraction of sp³-hybridized carbons (Fsp3) is 0.200. The zero-order valence-corrected chi connectivity index (χ0v) is 22.6. The van der Waals surface area contributed by atoms with Crippen LogP contribution in [0.3, 0.4) is 0 Å². The standard InChI is InChI=1S/C30H28N4O5S/c1-20-10-12-25(13-11-20)40(36,37)39-30(35)17-23(18-30)29-33-26(27-28(31)32-14-15-34(27)29)22-8-5-9-24(16-22)38-19-21-6-3-2-4-7-21/h2-16,23,35H,17-19H2,1H3,(H2,31,32). The number of nitrogens with zero attached hydrogens (tertiary/aromatic N) is 3. The first-order valence-corrected chi connectivity index (χ1v) is 14.3. The average molecular weight is 557 g/mol. The van der Waals surface area contributed by atoms with Crippen LogP contribution in [0.1, 0.15) is 35.7 Å². The van der Waals surface area contributed by atoms with Crippen LogP contribution >= 0.6 is 0 Å². The lowest BCUT2D eigenvalue weighted by Crippen LogP contribution is -2.46. The van der Waals surface area contributed by atoms with Crippen LogP contribution in [0.15, 0.2) is 96.2 Å².